The van der Waals surface area contributed by atoms with Crippen molar-refractivity contribution in [3.63, 3.8) is 0 Å². The number of hydrogen-bond donors (Lipinski definition) is 2. The third-order valence-electron chi connectivity index (χ3n) is 4.26. The molecule has 2 fully saturated rings. The summed E-state index contributed by atoms with van der Waals surface area (Å²) in [5.74, 6) is 0.104. The van der Waals surface area contributed by atoms with Crippen molar-refractivity contribution in [2.24, 2.45) is 0 Å². The topological polar surface area (TPSA) is 80.0 Å². The maximum Gasteiger partial charge on any atom is 0.309 e. The first-order chi connectivity index (χ1) is 10.3. The smallest absolute Gasteiger partial charge is 0.309 e. The van der Waals surface area contributed by atoms with Crippen molar-refractivity contribution in [2.75, 3.05) is 0 Å². The first-order valence-corrected chi connectivity index (χ1v) is 7.25. The Bertz CT molecular complexity index is 655. The van der Waals surface area contributed by atoms with Crippen molar-refractivity contribution >= 4 is 5.91 Å². The van der Waals surface area contributed by atoms with Gasteiger partial charge in [-0.2, -0.15) is 0 Å². The maximum atomic E-state index is 12.2. The van der Waals surface area contributed by atoms with Gasteiger partial charge in [-0.3, -0.25) is 4.79 Å². The molecule has 1 aromatic heterocycles. The van der Waals surface area contributed by atoms with Crippen molar-refractivity contribution in [3.05, 3.63) is 36.2 Å². The Hall–Kier alpha value is -2.21. The quantitative estimate of drug-likeness (QED) is 0.889. The Morgan fingerprint density at radius 2 is 2.10 bits per heavy atom. The second-order valence-electron chi connectivity index (χ2n) is 5.64. The van der Waals surface area contributed by atoms with Gasteiger partial charge in [-0.1, -0.05) is 18.2 Å². The summed E-state index contributed by atoms with van der Waals surface area (Å²) in [5, 5.41) is 14.3. The lowest BCUT2D eigenvalue weighted by Crippen LogP contribution is -2.43. The van der Waals surface area contributed by atoms with Gasteiger partial charge in [-0.15, -0.1) is 10.2 Å². The van der Waals surface area contributed by atoms with Gasteiger partial charge in [-0.05, 0) is 31.4 Å². The number of rotatable bonds is 3. The number of nitrogens with one attached hydrogen (secondary N) is 2. The van der Waals surface area contributed by atoms with Crippen LogP contribution in [0.5, 0.6) is 0 Å². The summed E-state index contributed by atoms with van der Waals surface area (Å²) in [6.45, 7) is 0. The van der Waals surface area contributed by atoms with Crippen LogP contribution < -0.4 is 10.6 Å². The van der Waals surface area contributed by atoms with Crippen LogP contribution in [0.25, 0.3) is 11.5 Å². The molecule has 21 heavy (non-hydrogen) atoms. The lowest BCUT2D eigenvalue weighted by molar-refractivity contribution is 0.0896. The SMILES string of the molecule is O=C(NC1CC2CCC1N2)c1nnc(-c2ccccc2)o1. The van der Waals surface area contributed by atoms with Crippen LogP contribution in [-0.4, -0.2) is 34.2 Å². The van der Waals surface area contributed by atoms with Gasteiger partial charge in [0.25, 0.3) is 0 Å². The van der Waals surface area contributed by atoms with Gasteiger partial charge in [0.15, 0.2) is 0 Å². The lowest BCUT2D eigenvalue weighted by Gasteiger charge is -2.20. The molecule has 0 spiro atoms. The Labute approximate surface area is 121 Å². The van der Waals surface area contributed by atoms with E-state index in [-0.39, 0.29) is 17.8 Å². The minimum Gasteiger partial charge on any atom is -0.412 e. The number of amides is 1. The highest BCUT2D eigenvalue weighted by Gasteiger charge is 2.40. The predicted molar refractivity (Wildman–Crippen MR) is 75.6 cm³/mol. The Morgan fingerprint density at radius 3 is 2.81 bits per heavy atom. The molecule has 6 nitrogen and oxygen atoms in total. The predicted octanol–water partition coefficient (Wildman–Crippen LogP) is 1.36. The number of nitrogens with zero attached hydrogens (tertiary/aromatic N) is 2. The Balaban J connectivity index is 1.47. The fourth-order valence-corrected chi connectivity index (χ4v) is 3.23. The summed E-state index contributed by atoms with van der Waals surface area (Å²) in [5.41, 5.74) is 0.811. The lowest BCUT2D eigenvalue weighted by atomic mass is 9.95. The second-order valence-corrected chi connectivity index (χ2v) is 5.64. The molecule has 1 amide bonds. The average molecular weight is 284 g/mol. The van der Waals surface area contributed by atoms with E-state index in [1.165, 1.54) is 6.42 Å². The molecule has 3 unspecified atom stereocenters. The molecule has 3 heterocycles. The molecule has 2 aliphatic heterocycles. The first-order valence-electron chi connectivity index (χ1n) is 7.25. The normalized spacial score (nSPS) is 27.0. The molecule has 0 saturated carbocycles. The highest BCUT2D eigenvalue weighted by atomic mass is 16.4. The van der Waals surface area contributed by atoms with Crippen LogP contribution in [0.15, 0.2) is 34.7 Å². The molecule has 2 bridgehead atoms. The van der Waals surface area contributed by atoms with Crippen molar-refractivity contribution < 1.29 is 9.21 Å². The molecule has 6 heteroatoms. The molecule has 3 atom stereocenters. The molecule has 0 radical (unpaired) electrons. The van der Waals surface area contributed by atoms with Gasteiger partial charge in [0.1, 0.15) is 0 Å². The van der Waals surface area contributed by atoms with Crippen LogP contribution in [0.1, 0.15) is 29.9 Å². The zero-order chi connectivity index (χ0) is 14.2. The van der Waals surface area contributed by atoms with Crippen LogP contribution in [0, 0.1) is 0 Å². The van der Waals surface area contributed by atoms with Gasteiger partial charge in [0, 0.05) is 23.7 Å². The van der Waals surface area contributed by atoms with Crippen molar-refractivity contribution in [2.45, 2.75) is 37.4 Å². The number of carbonyl (C=O) groups is 1. The molecule has 2 aromatic rings. The maximum absolute atomic E-state index is 12.2. The highest BCUT2D eigenvalue weighted by Crippen LogP contribution is 2.28. The fourth-order valence-electron chi connectivity index (χ4n) is 3.23. The zero-order valence-corrected chi connectivity index (χ0v) is 11.5. The summed E-state index contributed by atoms with van der Waals surface area (Å²) in [4.78, 5) is 12.2. The molecule has 2 aliphatic rings. The van der Waals surface area contributed by atoms with E-state index in [4.69, 9.17) is 4.42 Å². The van der Waals surface area contributed by atoms with Crippen LogP contribution in [-0.2, 0) is 0 Å². The van der Waals surface area contributed by atoms with Crippen molar-refractivity contribution in [1.29, 1.82) is 0 Å². The first kappa shape index (κ1) is 12.5. The molecule has 2 saturated heterocycles. The molecular weight excluding hydrogens is 268 g/mol. The van der Waals surface area contributed by atoms with E-state index in [1.54, 1.807) is 0 Å². The molecule has 0 aliphatic carbocycles. The van der Waals surface area contributed by atoms with Crippen LogP contribution in [0.3, 0.4) is 0 Å². The summed E-state index contributed by atoms with van der Waals surface area (Å²) < 4.78 is 5.47. The monoisotopic (exact) mass is 284 g/mol. The molecule has 108 valence electrons. The number of carbonyl (C=O) groups excluding carboxylic acids is 1. The van der Waals surface area contributed by atoms with E-state index in [0.29, 0.717) is 18.0 Å². The van der Waals surface area contributed by atoms with E-state index in [0.717, 1.165) is 18.4 Å². The summed E-state index contributed by atoms with van der Waals surface area (Å²) >= 11 is 0. The zero-order valence-electron chi connectivity index (χ0n) is 11.5. The van der Waals surface area contributed by atoms with E-state index in [2.05, 4.69) is 20.8 Å². The average Bonchev–Trinajstić information content (AvgIpc) is 3.24. The Morgan fingerprint density at radius 1 is 1.24 bits per heavy atom. The summed E-state index contributed by atoms with van der Waals surface area (Å²) in [7, 11) is 0. The summed E-state index contributed by atoms with van der Waals surface area (Å²) in [6.07, 6.45) is 3.31. The third kappa shape index (κ3) is 2.31. The second kappa shape index (κ2) is 4.96. The molecular formula is C15H16N4O2. The number of aromatic nitrogens is 2. The largest absolute Gasteiger partial charge is 0.412 e. The highest BCUT2D eigenvalue weighted by molar-refractivity contribution is 5.90. The van der Waals surface area contributed by atoms with Gasteiger partial charge < -0.3 is 15.1 Å². The minimum atomic E-state index is -0.288. The van der Waals surface area contributed by atoms with Gasteiger partial charge in [0.2, 0.25) is 5.89 Å². The van der Waals surface area contributed by atoms with Gasteiger partial charge in [0.05, 0.1) is 0 Å². The third-order valence-corrected chi connectivity index (χ3v) is 4.26. The molecule has 4 rings (SSSR count). The van der Waals surface area contributed by atoms with Crippen LogP contribution in [0.4, 0.5) is 0 Å². The number of fused-ring (bicyclic) bond motifs is 2. The van der Waals surface area contributed by atoms with E-state index < -0.39 is 0 Å². The number of hydrogen-bond acceptors (Lipinski definition) is 5. The van der Waals surface area contributed by atoms with Crippen LogP contribution in [0.2, 0.25) is 0 Å². The van der Waals surface area contributed by atoms with Crippen molar-refractivity contribution in [3.8, 4) is 11.5 Å². The molecule has 1 aromatic carbocycles. The number of benzene rings is 1. The van der Waals surface area contributed by atoms with E-state index in [1.807, 2.05) is 30.3 Å². The van der Waals surface area contributed by atoms with Gasteiger partial charge in [-0.25, -0.2) is 0 Å². The van der Waals surface area contributed by atoms with E-state index >= 15 is 0 Å². The van der Waals surface area contributed by atoms with E-state index in [9.17, 15) is 4.79 Å². The fraction of sp³-hybridized carbons (Fsp3) is 0.400. The van der Waals surface area contributed by atoms with Crippen molar-refractivity contribution in [1.82, 2.24) is 20.8 Å². The molecule has 2 N–H and O–H groups in total. The summed E-state index contributed by atoms with van der Waals surface area (Å²) in [6, 6.07) is 10.5. The standard InChI is InChI=1S/C15H16N4O2/c20-13(17-12-8-10-6-7-11(12)16-10)15-19-18-14(21-15)9-4-2-1-3-5-9/h1-5,10-12,16H,6-8H2,(H,17,20). The Kier molecular flexibility index (Phi) is 2.96. The van der Waals surface area contributed by atoms with Crippen LogP contribution >= 0.6 is 0 Å². The minimum absolute atomic E-state index is 0.0247. The van der Waals surface area contributed by atoms with Gasteiger partial charge >= 0.3 is 11.8 Å².